The summed E-state index contributed by atoms with van der Waals surface area (Å²) in [7, 11) is 0. The van der Waals surface area contributed by atoms with E-state index in [0.29, 0.717) is 31.9 Å². The fourth-order valence-corrected chi connectivity index (χ4v) is 4.61. The Morgan fingerprint density at radius 2 is 1.42 bits per heavy atom. The molecule has 5 rings (SSSR count). The Labute approximate surface area is 208 Å². The lowest BCUT2D eigenvalue weighted by Gasteiger charge is -2.40. The summed E-state index contributed by atoms with van der Waals surface area (Å²) in [4.78, 5) is 24.3. The van der Waals surface area contributed by atoms with Gasteiger partial charge in [0.25, 0.3) is 0 Å². The van der Waals surface area contributed by atoms with E-state index in [1.165, 1.54) is 41.7 Å². The van der Waals surface area contributed by atoms with Gasteiger partial charge in [-0.1, -0.05) is 60.7 Å². The summed E-state index contributed by atoms with van der Waals surface area (Å²) in [5, 5.41) is 15.0. The third-order valence-corrected chi connectivity index (χ3v) is 6.30. The first-order valence-electron chi connectivity index (χ1n) is 11.7. The number of hydrogen-bond donors (Lipinski definition) is 1. The predicted molar refractivity (Wildman–Crippen MR) is 137 cm³/mol. The van der Waals surface area contributed by atoms with Crippen LogP contribution in [-0.4, -0.2) is 46.0 Å². The van der Waals surface area contributed by atoms with Crippen LogP contribution in [0, 0.1) is 15.9 Å². The summed E-state index contributed by atoms with van der Waals surface area (Å²) in [6.45, 7) is 2.56. The highest BCUT2D eigenvalue weighted by Gasteiger charge is 2.32. The quantitative estimate of drug-likeness (QED) is 0.286. The van der Waals surface area contributed by atoms with Crippen LogP contribution < -0.4 is 10.2 Å². The van der Waals surface area contributed by atoms with Crippen LogP contribution in [0.15, 0.2) is 91.3 Å². The maximum Gasteiger partial charge on any atom is 0.353 e. The molecule has 3 aromatic carbocycles. The van der Waals surface area contributed by atoms with Gasteiger partial charge in [-0.2, -0.15) is 0 Å². The lowest BCUT2D eigenvalue weighted by Crippen LogP contribution is -2.48. The maximum atomic E-state index is 13.3. The summed E-state index contributed by atoms with van der Waals surface area (Å²) in [5.74, 6) is -0.0404. The number of hydrogen-bond acceptors (Lipinski definition) is 7. The van der Waals surface area contributed by atoms with Gasteiger partial charge in [-0.3, -0.25) is 15.0 Å². The molecular weight excluding hydrogens is 459 g/mol. The van der Waals surface area contributed by atoms with Crippen molar-refractivity contribution in [3.05, 3.63) is 118 Å². The van der Waals surface area contributed by atoms with Gasteiger partial charge in [-0.05, 0) is 35.4 Å². The molecule has 0 atom stereocenters. The molecular formula is C27H25FN6O2. The fraction of sp³-hybridized carbons (Fsp3) is 0.185. The molecule has 1 aromatic heterocycles. The van der Waals surface area contributed by atoms with E-state index in [1.807, 2.05) is 41.3 Å². The van der Waals surface area contributed by atoms with E-state index in [0.717, 1.165) is 0 Å². The van der Waals surface area contributed by atoms with E-state index in [-0.39, 0.29) is 29.2 Å². The average molecular weight is 485 g/mol. The van der Waals surface area contributed by atoms with Crippen LogP contribution in [-0.2, 0) is 0 Å². The van der Waals surface area contributed by atoms with E-state index in [9.17, 15) is 14.5 Å². The van der Waals surface area contributed by atoms with Crippen molar-refractivity contribution < 1.29 is 9.31 Å². The molecule has 1 aliphatic rings. The molecule has 0 saturated carbocycles. The minimum atomic E-state index is -0.468. The Kier molecular flexibility index (Phi) is 6.81. The minimum absolute atomic E-state index is 0.0745. The Hall–Kier alpha value is -4.37. The second kappa shape index (κ2) is 10.5. The monoisotopic (exact) mass is 484 g/mol. The summed E-state index contributed by atoms with van der Waals surface area (Å²) in [6.07, 6.45) is 1.32. The smallest absolute Gasteiger partial charge is 0.348 e. The first-order valence-corrected chi connectivity index (χ1v) is 11.7. The molecule has 0 radical (unpaired) electrons. The number of anilines is 3. The minimum Gasteiger partial charge on any atom is -0.348 e. The van der Waals surface area contributed by atoms with E-state index < -0.39 is 4.92 Å². The number of benzene rings is 3. The predicted octanol–water partition coefficient (Wildman–Crippen LogP) is 5.18. The van der Waals surface area contributed by atoms with Crippen LogP contribution >= 0.6 is 0 Å². The summed E-state index contributed by atoms with van der Waals surface area (Å²) in [6, 6.07) is 26.4. The zero-order chi connectivity index (χ0) is 24.9. The van der Waals surface area contributed by atoms with Crippen LogP contribution in [0.25, 0.3) is 0 Å². The largest absolute Gasteiger partial charge is 0.353 e. The van der Waals surface area contributed by atoms with Crippen molar-refractivity contribution in [1.29, 1.82) is 0 Å². The van der Waals surface area contributed by atoms with Gasteiger partial charge < -0.3 is 10.2 Å². The van der Waals surface area contributed by atoms with Gasteiger partial charge in [0.05, 0.1) is 11.0 Å². The highest BCUT2D eigenvalue weighted by molar-refractivity contribution is 5.74. The molecule has 0 amide bonds. The normalized spacial score (nSPS) is 14.1. The third kappa shape index (κ3) is 5.01. The van der Waals surface area contributed by atoms with Gasteiger partial charge in [-0.25, -0.2) is 14.4 Å². The van der Waals surface area contributed by atoms with Gasteiger partial charge in [0.1, 0.15) is 12.1 Å². The van der Waals surface area contributed by atoms with Crippen molar-refractivity contribution >= 4 is 23.0 Å². The van der Waals surface area contributed by atoms with E-state index in [1.54, 1.807) is 0 Å². The van der Waals surface area contributed by atoms with Gasteiger partial charge in [0, 0.05) is 31.9 Å². The Balaban J connectivity index is 1.38. The van der Waals surface area contributed by atoms with Crippen molar-refractivity contribution in [2.24, 2.45) is 0 Å². The molecule has 8 nitrogen and oxygen atoms in total. The molecule has 0 bridgehead atoms. The topological polar surface area (TPSA) is 87.4 Å². The molecule has 1 fully saturated rings. The highest BCUT2D eigenvalue weighted by Crippen LogP contribution is 2.35. The number of halogens is 1. The van der Waals surface area contributed by atoms with Crippen molar-refractivity contribution in [3.8, 4) is 0 Å². The van der Waals surface area contributed by atoms with Gasteiger partial charge >= 0.3 is 5.69 Å². The number of nitrogens with one attached hydrogen (secondary N) is 1. The Morgan fingerprint density at radius 3 is 1.97 bits per heavy atom. The summed E-state index contributed by atoms with van der Waals surface area (Å²) >= 11 is 0. The van der Waals surface area contributed by atoms with Gasteiger partial charge in [0.2, 0.25) is 11.6 Å². The highest BCUT2D eigenvalue weighted by atomic mass is 19.1. The Morgan fingerprint density at radius 1 is 0.833 bits per heavy atom. The molecule has 4 aromatic rings. The second-order valence-corrected chi connectivity index (χ2v) is 8.53. The van der Waals surface area contributed by atoms with E-state index in [4.69, 9.17) is 0 Å². The van der Waals surface area contributed by atoms with Gasteiger partial charge in [0.15, 0.2) is 0 Å². The first-order chi connectivity index (χ1) is 17.6. The zero-order valence-corrected chi connectivity index (χ0v) is 19.5. The van der Waals surface area contributed by atoms with Crippen LogP contribution in [0.2, 0.25) is 0 Å². The number of piperazine rings is 1. The van der Waals surface area contributed by atoms with Crippen LogP contribution in [0.1, 0.15) is 17.2 Å². The number of rotatable bonds is 7. The van der Waals surface area contributed by atoms with Crippen molar-refractivity contribution in [2.45, 2.75) is 6.04 Å². The molecule has 182 valence electrons. The molecule has 1 aliphatic heterocycles. The molecule has 36 heavy (non-hydrogen) atoms. The van der Waals surface area contributed by atoms with Crippen molar-refractivity contribution in [3.63, 3.8) is 0 Å². The fourth-order valence-electron chi connectivity index (χ4n) is 4.61. The molecule has 0 aliphatic carbocycles. The lowest BCUT2D eigenvalue weighted by molar-refractivity contribution is -0.383. The standard InChI is InChI=1S/C27H25FN6O2/c28-22-11-13-23(14-12-22)31-26-25(34(35)36)27(30-19-29-26)33-17-15-32(16-18-33)24(20-7-3-1-4-8-20)21-9-5-2-6-10-21/h1-14,19,24H,15-18H2,(H,29,30,31). The summed E-state index contributed by atoms with van der Waals surface area (Å²) < 4.78 is 13.3. The molecule has 0 spiro atoms. The molecule has 9 heteroatoms. The lowest BCUT2D eigenvalue weighted by atomic mass is 9.96. The van der Waals surface area contributed by atoms with Crippen LogP contribution in [0.3, 0.4) is 0 Å². The van der Waals surface area contributed by atoms with Crippen molar-refractivity contribution in [1.82, 2.24) is 14.9 Å². The molecule has 1 N–H and O–H groups in total. The zero-order valence-electron chi connectivity index (χ0n) is 19.5. The molecule has 2 heterocycles. The first kappa shape index (κ1) is 23.4. The molecule has 1 saturated heterocycles. The SMILES string of the molecule is O=[N+]([O-])c1c(Nc2ccc(F)cc2)ncnc1N1CCN(C(c2ccccc2)c2ccccc2)CC1. The second-order valence-electron chi connectivity index (χ2n) is 8.53. The number of nitrogens with zero attached hydrogens (tertiary/aromatic N) is 5. The number of aromatic nitrogens is 2. The van der Waals surface area contributed by atoms with Gasteiger partial charge in [-0.15, -0.1) is 0 Å². The van der Waals surface area contributed by atoms with E-state index in [2.05, 4.69) is 44.5 Å². The number of nitro groups is 1. The van der Waals surface area contributed by atoms with E-state index >= 15 is 0 Å². The van der Waals surface area contributed by atoms with Crippen molar-refractivity contribution in [2.75, 3.05) is 36.4 Å². The maximum absolute atomic E-state index is 13.3. The van der Waals surface area contributed by atoms with Crippen LogP contribution in [0.5, 0.6) is 0 Å². The molecule has 0 unspecified atom stereocenters. The average Bonchev–Trinajstić information content (AvgIpc) is 2.91. The third-order valence-electron chi connectivity index (χ3n) is 6.30. The Bertz CT molecular complexity index is 1270. The van der Waals surface area contributed by atoms with Crippen LogP contribution in [0.4, 0.5) is 27.4 Å². The summed E-state index contributed by atoms with van der Waals surface area (Å²) in [5.41, 5.74) is 2.72.